The molecule has 0 unspecified atom stereocenters. The van der Waals surface area contributed by atoms with Gasteiger partial charge in [-0.15, -0.1) is 0 Å². The SMILES string of the molecule is Cc1ccc(Cl)cc1NC(=O)C(=O)N/N=C\c1cc(C)n(-c2ccccc2F)c1C. The quantitative estimate of drug-likeness (QED) is 0.371. The van der Waals surface area contributed by atoms with Gasteiger partial charge in [0.1, 0.15) is 5.82 Å². The molecule has 154 valence electrons. The van der Waals surface area contributed by atoms with Gasteiger partial charge in [0, 0.05) is 27.7 Å². The van der Waals surface area contributed by atoms with Crippen molar-refractivity contribution in [2.24, 2.45) is 5.10 Å². The van der Waals surface area contributed by atoms with E-state index in [1.54, 1.807) is 47.9 Å². The zero-order valence-corrected chi connectivity index (χ0v) is 17.4. The van der Waals surface area contributed by atoms with Crippen molar-refractivity contribution in [3.8, 4) is 5.69 Å². The highest BCUT2D eigenvalue weighted by atomic mass is 35.5. The lowest BCUT2D eigenvalue weighted by atomic mass is 10.2. The van der Waals surface area contributed by atoms with Crippen LogP contribution in [0.5, 0.6) is 0 Å². The molecular weight excluding hydrogens is 407 g/mol. The molecule has 0 spiro atoms. The number of anilines is 1. The summed E-state index contributed by atoms with van der Waals surface area (Å²) in [5.41, 5.74) is 6.06. The lowest BCUT2D eigenvalue weighted by Crippen LogP contribution is -2.32. The van der Waals surface area contributed by atoms with Gasteiger partial charge in [0.2, 0.25) is 0 Å². The van der Waals surface area contributed by atoms with E-state index < -0.39 is 11.8 Å². The summed E-state index contributed by atoms with van der Waals surface area (Å²) < 4.78 is 15.9. The minimum absolute atomic E-state index is 0.343. The Morgan fingerprint density at radius 2 is 1.80 bits per heavy atom. The fourth-order valence-electron chi connectivity index (χ4n) is 3.04. The Kier molecular flexibility index (Phi) is 6.32. The molecule has 2 N–H and O–H groups in total. The van der Waals surface area contributed by atoms with Crippen LogP contribution in [-0.2, 0) is 9.59 Å². The van der Waals surface area contributed by atoms with Crippen molar-refractivity contribution in [2.45, 2.75) is 20.8 Å². The summed E-state index contributed by atoms with van der Waals surface area (Å²) in [7, 11) is 0. The van der Waals surface area contributed by atoms with Crippen LogP contribution >= 0.6 is 11.6 Å². The summed E-state index contributed by atoms with van der Waals surface area (Å²) in [5.74, 6) is -2.13. The lowest BCUT2D eigenvalue weighted by Gasteiger charge is -2.10. The fraction of sp³-hybridized carbons (Fsp3) is 0.136. The predicted octanol–water partition coefficient (Wildman–Crippen LogP) is 4.28. The first-order valence-corrected chi connectivity index (χ1v) is 9.50. The molecule has 0 radical (unpaired) electrons. The largest absolute Gasteiger partial charge is 0.329 e. The van der Waals surface area contributed by atoms with Crippen LogP contribution in [0.25, 0.3) is 5.69 Å². The zero-order chi connectivity index (χ0) is 21.8. The number of aryl methyl sites for hydroxylation is 2. The van der Waals surface area contributed by atoms with Gasteiger partial charge >= 0.3 is 11.8 Å². The van der Waals surface area contributed by atoms with Crippen LogP contribution in [0.15, 0.2) is 53.6 Å². The molecule has 2 aromatic carbocycles. The minimum atomic E-state index is -0.923. The molecule has 8 heteroatoms. The molecule has 30 heavy (non-hydrogen) atoms. The van der Waals surface area contributed by atoms with Crippen LogP contribution in [-0.4, -0.2) is 22.6 Å². The van der Waals surface area contributed by atoms with Crippen molar-refractivity contribution >= 4 is 35.3 Å². The first-order chi connectivity index (χ1) is 14.3. The van der Waals surface area contributed by atoms with Crippen molar-refractivity contribution in [2.75, 3.05) is 5.32 Å². The van der Waals surface area contributed by atoms with Crippen LogP contribution in [0.3, 0.4) is 0 Å². The van der Waals surface area contributed by atoms with E-state index in [0.29, 0.717) is 22.0 Å². The number of hydrogen-bond donors (Lipinski definition) is 2. The summed E-state index contributed by atoms with van der Waals surface area (Å²) in [6.07, 6.45) is 1.41. The molecular formula is C22H20ClFN4O2. The molecule has 0 saturated carbocycles. The second kappa shape index (κ2) is 8.92. The number of carbonyl (C=O) groups excluding carboxylic acids is 2. The van der Waals surface area contributed by atoms with E-state index in [4.69, 9.17) is 11.6 Å². The second-order valence-corrected chi connectivity index (χ2v) is 7.16. The number of rotatable bonds is 4. The number of hydrazone groups is 1. The standard InChI is InChI=1S/C22H20ClFN4O2/c1-13-8-9-17(23)11-19(13)26-21(29)22(30)27-25-12-16-10-14(2)28(15(16)3)20-7-5-4-6-18(20)24/h4-12H,1-3H3,(H,26,29)(H,27,30)/b25-12-. The molecule has 0 aliphatic carbocycles. The van der Waals surface area contributed by atoms with Crippen molar-refractivity contribution < 1.29 is 14.0 Å². The second-order valence-electron chi connectivity index (χ2n) is 6.73. The highest BCUT2D eigenvalue weighted by molar-refractivity contribution is 6.40. The molecule has 0 fully saturated rings. The normalized spacial score (nSPS) is 11.0. The van der Waals surface area contributed by atoms with Gasteiger partial charge in [0.05, 0.1) is 11.9 Å². The highest BCUT2D eigenvalue weighted by Gasteiger charge is 2.15. The third-order valence-corrected chi connectivity index (χ3v) is 4.82. The van der Waals surface area contributed by atoms with Gasteiger partial charge in [0.25, 0.3) is 0 Å². The fourth-order valence-corrected chi connectivity index (χ4v) is 3.21. The van der Waals surface area contributed by atoms with Crippen molar-refractivity contribution in [3.63, 3.8) is 0 Å². The Bertz CT molecular complexity index is 1150. The maximum Gasteiger partial charge on any atom is 0.329 e. The van der Waals surface area contributed by atoms with Crippen LogP contribution in [0.1, 0.15) is 22.5 Å². The third kappa shape index (κ3) is 4.58. The zero-order valence-electron chi connectivity index (χ0n) is 16.7. The van der Waals surface area contributed by atoms with Gasteiger partial charge in [-0.1, -0.05) is 29.8 Å². The Balaban J connectivity index is 1.70. The summed E-state index contributed by atoms with van der Waals surface area (Å²) in [4.78, 5) is 24.1. The number of amides is 2. The molecule has 0 aliphatic heterocycles. The van der Waals surface area contributed by atoms with Crippen molar-refractivity contribution in [1.82, 2.24) is 9.99 Å². The van der Waals surface area contributed by atoms with Gasteiger partial charge in [-0.05, 0) is 56.7 Å². The molecule has 2 amide bonds. The first-order valence-electron chi connectivity index (χ1n) is 9.12. The Morgan fingerprint density at radius 3 is 2.53 bits per heavy atom. The molecule has 6 nitrogen and oxygen atoms in total. The molecule has 3 aromatic rings. The maximum atomic E-state index is 14.2. The van der Waals surface area contributed by atoms with Crippen LogP contribution in [0, 0.1) is 26.6 Å². The number of benzene rings is 2. The molecule has 0 saturated heterocycles. The van der Waals surface area contributed by atoms with E-state index in [2.05, 4.69) is 15.8 Å². The Hall–Kier alpha value is -3.45. The molecule has 0 atom stereocenters. The summed E-state index contributed by atoms with van der Waals surface area (Å²) >= 11 is 5.91. The Labute approximate surface area is 178 Å². The topological polar surface area (TPSA) is 75.5 Å². The van der Waals surface area contributed by atoms with Gasteiger partial charge in [-0.3, -0.25) is 9.59 Å². The number of hydrogen-bond acceptors (Lipinski definition) is 3. The van der Waals surface area contributed by atoms with Crippen molar-refractivity contribution in [1.29, 1.82) is 0 Å². The Morgan fingerprint density at radius 1 is 1.07 bits per heavy atom. The number of halogens is 2. The molecule has 1 heterocycles. The first kappa shape index (κ1) is 21.3. The van der Waals surface area contributed by atoms with Gasteiger partial charge < -0.3 is 9.88 Å². The average molecular weight is 427 g/mol. The summed E-state index contributed by atoms with van der Waals surface area (Å²) in [5, 5.41) is 6.80. The van der Waals surface area contributed by atoms with Gasteiger partial charge in [-0.25, -0.2) is 9.82 Å². The number of para-hydroxylation sites is 1. The summed E-state index contributed by atoms with van der Waals surface area (Å²) in [6, 6.07) is 13.2. The van der Waals surface area contributed by atoms with E-state index in [1.165, 1.54) is 12.3 Å². The number of carbonyl (C=O) groups is 2. The number of nitrogens with one attached hydrogen (secondary N) is 2. The van der Waals surface area contributed by atoms with Crippen molar-refractivity contribution in [3.05, 3.63) is 81.9 Å². The predicted molar refractivity (Wildman–Crippen MR) is 116 cm³/mol. The van der Waals surface area contributed by atoms with E-state index in [-0.39, 0.29) is 5.82 Å². The van der Waals surface area contributed by atoms with E-state index >= 15 is 0 Å². The monoisotopic (exact) mass is 426 g/mol. The smallest absolute Gasteiger partial charge is 0.317 e. The molecule has 1 aromatic heterocycles. The van der Waals surface area contributed by atoms with Crippen LogP contribution < -0.4 is 10.7 Å². The third-order valence-electron chi connectivity index (χ3n) is 4.59. The molecule has 0 bridgehead atoms. The molecule has 0 aliphatic rings. The van der Waals surface area contributed by atoms with E-state index in [9.17, 15) is 14.0 Å². The summed E-state index contributed by atoms with van der Waals surface area (Å²) in [6.45, 7) is 5.45. The maximum absolute atomic E-state index is 14.2. The van der Waals surface area contributed by atoms with Crippen LogP contribution in [0.2, 0.25) is 5.02 Å². The van der Waals surface area contributed by atoms with Crippen LogP contribution in [0.4, 0.5) is 10.1 Å². The highest BCUT2D eigenvalue weighted by Crippen LogP contribution is 2.22. The molecule has 3 rings (SSSR count). The average Bonchev–Trinajstić information content (AvgIpc) is 2.98. The lowest BCUT2D eigenvalue weighted by molar-refractivity contribution is -0.136. The van der Waals surface area contributed by atoms with E-state index in [0.717, 1.165) is 17.0 Å². The number of nitrogens with zero attached hydrogens (tertiary/aromatic N) is 2. The van der Waals surface area contributed by atoms with Gasteiger partial charge in [0.15, 0.2) is 0 Å². The minimum Gasteiger partial charge on any atom is -0.317 e. The van der Waals surface area contributed by atoms with Gasteiger partial charge in [-0.2, -0.15) is 5.10 Å². The van der Waals surface area contributed by atoms with E-state index in [1.807, 2.05) is 19.9 Å². The number of aromatic nitrogens is 1.